The zero-order chi connectivity index (χ0) is 24.1. The van der Waals surface area contributed by atoms with Crippen molar-refractivity contribution in [2.75, 3.05) is 7.11 Å². The molecule has 1 heterocycles. The van der Waals surface area contributed by atoms with Crippen molar-refractivity contribution in [3.63, 3.8) is 0 Å². The average Bonchev–Trinajstić information content (AvgIpc) is 3.56. The number of ether oxygens (including phenoxy) is 2. The number of imide groups is 1. The van der Waals surface area contributed by atoms with E-state index in [2.05, 4.69) is 35.5 Å². The Morgan fingerprint density at radius 1 is 1.03 bits per heavy atom. The largest absolute Gasteiger partial charge is 0.493 e. The quantitative estimate of drug-likeness (QED) is 0.272. The maximum Gasteiger partial charge on any atom is 0.254 e. The van der Waals surface area contributed by atoms with Crippen molar-refractivity contribution in [1.29, 1.82) is 0 Å². The third-order valence-corrected chi connectivity index (χ3v) is 7.55. The highest BCUT2D eigenvalue weighted by atomic mass is 35.5. The number of amides is 2. The molecule has 1 aliphatic heterocycles. The van der Waals surface area contributed by atoms with Gasteiger partial charge >= 0.3 is 0 Å². The van der Waals surface area contributed by atoms with Crippen LogP contribution in [-0.2, 0) is 16.2 Å². The molecule has 2 amide bonds. The highest BCUT2D eigenvalue weighted by molar-refractivity contribution is 6.32. The van der Waals surface area contributed by atoms with Gasteiger partial charge < -0.3 is 9.47 Å². The maximum absolute atomic E-state index is 12.9. The van der Waals surface area contributed by atoms with E-state index in [0.29, 0.717) is 28.7 Å². The summed E-state index contributed by atoms with van der Waals surface area (Å²) in [5, 5.41) is 7.86. The van der Waals surface area contributed by atoms with Crippen molar-refractivity contribution in [3.8, 4) is 11.5 Å². The first-order valence-corrected chi connectivity index (χ1v) is 12.0. The number of carbonyl (C=O) groups excluding carboxylic acids is 2. The summed E-state index contributed by atoms with van der Waals surface area (Å²) in [7, 11) is 1.54. The summed E-state index contributed by atoms with van der Waals surface area (Å²) in [5.74, 6) is 0.156. The van der Waals surface area contributed by atoms with Gasteiger partial charge in [-0.05, 0) is 52.3 Å². The lowest BCUT2D eigenvalue weighted by atomic mass is 9.85. The van der Waals surface area contributed by atoms with Gasteiger partial charge in [-0.15, -0.1) is 0 Å². The molecule has 3 aliphatic rings. The predicted molar refractivity (Wildman–Crippen MR) is 133 cm³/mol. The van der Waals surface area contributed by atoms with Crippen LogP contribution in [0, 0.1) is 23.7 Å². The van der Waals surface area contributed by atoms with Crippen LogP contribution in [0.4, 0.5) is 0 Å². The minimum absolute atomic E-state index is 0.148. The summed E-state index contributed by atoms with van der Waals surface area (Å²) in [6, 6.07) is 17.6. The molecule has 2 bridgehead atoms. The topological polar surface area (TPSA) is 68.2 Å². The summed E-state index contributed by atoms with van der Waals surface area (Å²) < 4.78 is 11.6. The van der Waals surface area contributed by atoms with Gasteiger partial charge in [0.1, 0.15) is 6.61 Å². The monoisotopic (exact) mass is 486 g/mol. The van der Waals surface area contributed by atoms with E-state index >= 15 is 0 Å². The van der Waals surface area contributed by atoms with Crippen LogP contribution in [0.25, 0.3) is 10.8 Å². The van der Waals surface area contributed by atoms with E-state index in [1.807, 2.05) is 24.3 Å². The maximum atomic E-state index is 12.9. The number of hydrogen-bond donors (Lipinski definition) is 0. The average molecular weight is 487 g/mol. The molecule has 1 saturated carbocycles. The summed E-state index contributed by atoms with van der Waals surface area (Å²) in [6.07, 6.45) is 6.48. The first-order valence-electron chi connectivity index (χ1n) is 11.6. The number of benzene rings is 3. The Morgan fingerprint density at radius 3 is 2.49 bits per heavy atom. The normalized spacial score (nSPS) is 24.7. The van der Waals surface area contributed by atoms with Gasteiger partial charge in [0.15, 0.2) is 11.5 Å². The van der Waals surface area contributed by atoms with E-state index in [4.69, 9.17) is 21.1 Å². The van der Waals surface area contributed by atoms with Crippen LogP contribution in [0.3, 0.4) is 0 Å². The summed E-state index contributed by atoms with van der Waals surface area (Å²) in [5.41, 5.74) is 1.63. The molecule has 3 aromatic rings. The van der Waals surface area contributed by atoms with Crippen molar-refractivity contribution < 1.29 is 19.1 Å². The number of nitrogens with zero attached hydrogens (tertiary/aromatic N) is 2. The first-order chi connectivity index (χ1) is 17.0. The molecular weight excluding hydrogens is 464 g/mol. The molecule has 0 N–H and O–H groups in total. The van der Waals surface area contributed by atoms with E-state index in [0.717, 1.165) is 27.8 Å². The van der Waals surface area contributed by atoms with Gasteiger partial charge in [-0.1, -0.05) is 66.2 Å². The highest BCUT2D eigenvalue weighted by Crippen LogP contribution is 2.52. The fraction of sp³-hybridized carbons (Fsp3) is 0.250. The second-order valence-corrected chi connectivity index (χ2v) is 9.60. The van der Waals surface area contributed by atoms with Gasteiger partial charge in [-0.25, -0.2) is 0 Å². The van der Waals surface area contributed by atoms with Crippen LogP contribution in [0.2, 0.25) is 5.02 Å². The fourth-order valence-electron chi connectivity index (χ4n) is 5.65. The molecule has 2 aliphatic carbocycles. The van der Waals surface area contributed by atoms with Crippen molar-refractivity contribution in [1.82, 2.24) is 5.01 Å². The lowest BCUT2D eigenvalue weighted by Crippen LogP contribution is -2.28. The molecule has 4 atom stereocenters. The Morgan fingerprint density at radius 2 is 1.74 bits per heavy atom. The van der Waals surface area contributed by atoms with Crippen molar-refractivity contribution in [2.24, 2.45) is 28.8 Å². The third kappa shape index (κ3) is 3.60. The number of allylic oxidation sites excluding steroid dienone is 2. The molecular formula is C28H23ClN2O4. The van der Waals surface area contributed by atoms with E-state index in [1.165, 1.54) is 13.3 Å². The number of fused-ring (bicyclic) bond motifs is 6. The smallest absolute Gasteiger partial charge is 0.254 e. The summed E-state index contributed by atoms with van der Waals surface area (Å²) >= 11 is 6.55. The van der Waals surface area contributed by atoms with Crippen LogP contribution < -0.4 is 9.47 Å². The van der Waals surface area contributed by atoms with E-state index < -0.39 is 0 Å². The summed E-state index contributed by atoms with van der Waals surface area (Å²) in [4.78, 5) is 25.7. The second-order valence-electron chi connectivity index (χ2n) is 9.19. The Balaban J connectivity index is 1.22. The van der Waals surface area contributed by atoms with E-state index in [-0.39, 0.29) is 35.5 Å². The van der Waals surface area contributed by atoms with Crippen molar-refractivity contribution in [3.05, 3.63) is 82.9 Å². The van der Waals surface area contributed by atoms with Gasteiger partial charge in [0.25, 0.3) is 11.8 Å². The Labute approximate surface area is 207 Å². The zero-order valence-electron chi connectivity index (χ0n) is 19.1. The van der Waals surface area contributed by atoms with Crippen LogP contribution in [0.5, 0.6) is 11.5 Å². The van der Waals surface area contributed by atoms with Crippen LogP contribution in [0.1, 0.15) is 17.5 Å². The molecule has 0 spiro atoms. The fourth-order valence-corrected chi connectivity index (χ4v) is 5.92. The molecule has 7 heteroatoms. The highest BCUT2D eigenvalue weighted by Gasteiger charge is 2.59. The van der Waals surface area contributed by atoms with Crippen LogP contribution in [-0.4, -0.2) is 30.1 Å². The standard InChI is InChI=1S/C28H23ClN2O4/c1-34-23-12-16(14-30-31-27(32)24-18-9-10-19(13-18)25(24)28(31)33)11-22(29)26(23)35-15-20-7-4-6-17-5-2-3-8-21(17)20/h2-12,14,18-19,24-25H,13,15H2,1H3. The Bertz CT molecular complexity index is 1380. The van der Waals surface area contributed by atoms with Gasteiger partial charge in [-0.2, -0.15) is 10.1 Å². The molecule has 4 unspecified atom stereocenters. The number of rotatable bonds is 6. The van der Waals surface area contributed by atoms with E-state index in [1.54, 1.807) is 12.1 Å². The number of hydrazone groups is 1. The number of halogens is 1. The van der Waals surface area contributed by atoms with E-state index in [9.17, 15) is 9.59 Å². The lowest BCUT2D eigenvalue weighted by Gasteiger charge is -2.15. The lowest BCUT2D eigenvalue weighted by molar-refractivity contribution is -0.140. The Hall–Kier alpha value is -3.64. The molecule has 2 fully saturated rings. The van der Waals surface area contributed by atoms with Gasteiger partial charge in [-0.3, -0.25) is 9.59 Å². The Kier molecular flexibility index (Phi) is 5.33. The molecule has 6 rings (SSSR count). The van der Waals surface area contributed by atoms with Gasteiger partial charge in [0.2, 0.25) is 0 Å². The first kappa shape index (κ1) is 21.9. The molecule has 176 valence electrons. The SMILES string of the molecule is COc1cc(C=NN2C(=O)C3C4C=CC(C4)C3C2=O)cc(Cl)c1OCc1cccc2ccccc12. The van der Waals surface area contributed by atoms with Crippen LogP contribution >= 0.6 is 11.6 Å². The zero-order valence-corrected chi connectivity index (χ0v) is 19.8. The number of carbonyl (C=O) groups is 2. The molecule has 1 saturated heterocycles. The van der Waals surface area contributed by atoms with Gasteiger partial charge in [0.05, 0.1) is 30.2 Å². The number of hydrogen-bond acceptors (Lipinski definition) is 5. The van der Waals surface area contributed by atoms with Gasteiger partial charge in [0, 0.05) is 0 Å². The second kappa shape index (κ2) is 8.54. The van der Waals surface area contributed by atoms with Crippen molar-refractivity contribution in [2.45, 2.75) is 13.0 Å². The number of methoxy groups -OCH3 is 1. The molecule has 0 radical (unpaired) electrons. The molecule has 3 aromatic carbocycles. The minimum atomic E-state index is -0.280. The minimum Gasteiger partial charge on any atom is -0.493 e. The summed E-state index contributed by atoms with van der Waals surface area (Å²) in [6.45, 7) is 0.320. The molecule has 35 heavy (non-hydrogen) atoms. The predicted octanol–water partition coefficient (Wildman–Crippen LogP) is 5.22. The van der Waals surface area contributed by atoms with Crippen molar-refractivity contribution >= 4 is 40.4 Å². The van der Waals surface area contributed by atoms with Crippen LogP contribution in [0.15, 0.2) is 71.9 Å². The third-order valence-electron chi connectivity index (χ3n) is 7.27. The molecule has 6 nitrogen and oxygen atoms in total. The molecule has 0 aromatic heterocycles.